The third-order valence-corrected chi connectivity index (χ3v) is 3.29. The van der Waals surface area contributed by atoms with Gasteiger partial charge in [-0.3, -0.25) is 4.79 Å². The van der Waals surface area contributed by atoms with Gasteiger partial charge in [-0.1, -0.05) is 35.3 Å². The third-order valence-electron chi connectivity index (χ3n) is 2.75. The van der Waals surface area contributed by atoms with E-state index < -0.39 is 12.0 Å². The Kier molecular flexibility index (Phi) is 5.25. The summed E-state index contributed by atoms with van der Waals surface area (Å²) in [5.41, 5.74) is 1.63. The van der Waals surface area contributed by atoms with Crippen molar-refractivity contribution in [1.29, 1.82) is 0 Å². The zero-order chi connectivity index (χ0) is 16.1. The summed E-state index contributed by atoms with van der Waals surface area (Å²) in [6.45, 7) is 0. The number of hydrogen-bond acceptors (Lipinski definition) is 2. The molecule has 0 radical (unpaired) electrons. The number of carbonyl (C=O) groups is 2. The average molecular weight is 339 g/mol. The lowest BCUT2D eigenvalue weighted by atomic mass is 10.1. The molecule has 5 nitrogen and oxygen atoms in total. The molecule has 0 aromatic heterocycles. The summed E-state index contributed by atoms with van der Waals surface area (Å²) in [7, 11) is 0. The molecular weight excluding hydrogens is 327 g/mol. The van der Waals surface area contributed by atoms with E-state index in [1.165, 1.54) is 6.07 Å². The Morgan fingerprint density at radius 2 is 1.68 bits per heavy atom. The Morgan fingerprint density at radius 1 is 1.00 bits per heavy atom. The monoisotopic (exact) mass is 338 g/mol. The topological polar surface area (TPSA) is 78.4 Å². The summed E-state index contributed by atoms with van der Waals surface area (Å²) in [6, 6.07) is 10.8. The van der Waals surface area contributed by atoms with E-state index in [4.69, 9.17) is 28.3 Å². The minimum Gasteiger partial charge on any atom is -0.481 e. The lowest BCUT2D eigenvalue weighted by molar-refractivity contribution is -0.136. The number of urea groups is 1. The van der Waals surface area contributed by atoms with Crippen molar-refractivity contribution in [2.24, 2.45) is 0 Å². The van der Waals surface area contributed by atoms with E-state index in [1.54, 1.807) is 36.4 Å². The smallest absolute Gasteiger partial charge is 0.323 e. The minimum absolute atomic E-state index is 0.0626. The molecule has 0 aliphatic rings. The molecule has 0 spiro atoms. The first-order chi connectivity index (χ1) is 10.4. The molecule has 0 aliphatic carbocycles. The van der Waals surface area contributed by atoms with Crippen molar-refractivity contribution in [2.45, 2.75) is 6.42 Å². The number of anilines is 2. The van der Waals surface area contributed by atoms with Gasteiger partial charge in [-0.2, -0.15) is 0 Å². The quantitative estimate of drug-likeness (QED) is 0.779. The van der Waals surface area contributed by atoms with E-state index in [9.17, 15) is 9.59 Å². The van der Waals surface area contributed by atoms with E-state index in [0.29, 0.717) is 27.0 Å². The van der Waals surface area contributed by atoms with Crippen LogP contribution in [0.3, 0.4) is 0 Å². The first kappa shape index (κ1) is 16.1. The van der Waals surface area contributed by atoms with Gasteiger partial charge in [-0.15, -0.1) is 0 Å². The Bertz CT molecular complexity index is 702. The Balaban J connectivity index is 1.98. The molecule has 0 heterocycles. The van der Waals surface area contributed by atoms with Crippen molar-refractivity contribution in [3.05, 3.63) is 58.1 Å². The average Bonchev–Trinajstić information content (AvgIpc) is 2.43. The summed E-state index contributed by atoms with van der Waals surface area (Å²) >= 11 is 11.7. The lowest BCUT2D eigenvalue weighted by Gasteiger charge is -2.09. The maximum absolute atomic E-state index is 11.9. The number of carbonyl (C=O) groups excluding carboxylic acids is 1. The maximum Gasteiger partial charge on any atom is 0.323 e. The number of aliphatic carboxylic acids is 1. The van der Waals surface area contributed by atoms with E-state index in [2.05, 4.69) is 10.6 Å². The molecular formula is C15H12Cl2N2O3. The second kappa shape index (κ2) is 7.15. The Morgan fingerprint density at radius 3 is 2.27 bits per heavy atom. The number of halogens is 2. The van der Waals surface area contributed by atoms with E-state index in [0.717, 1.165) is 0 Å². The molecule has 0 fully saturated rings. The summed E-state index contributed by atoms with van der Waals surface area (Å²) in [4.78, 5) is 22.5. The molecule has 0 unspecified atom stereocenters. The molecule has 3 N–H and O–H groups in total. The van der Waals surface area contributed by atoms with Crippen LogP contribution in [0.2, 0.25) is 10.0 Å². The van der Waals surface area contributed by atoms with Crippen molar-refractivity contribution >= 4 is 46.6 Å². The molecule has 0 atom stereocenters. The number of nitrogens with one attached hydrogen (secondary N) is 2. The van der Waals surface area contributed by atoms with Crippen molar-refractivity contribution < 1.29 is 14.7 Å². The van der Waals surface area contributed by atoms with Crippen LogP contribution in [0, 0.1) is 0 Å². The number of benzene rings is 2. The van der Waals surface area contributed by atoms with Gasteiger partial charge in [0.1, 0.15) is 0 Å². The normalized spacial score (nSPS) is 10.1. The lowest BCUT2D eigenvalue weighted by Crippen LogP contribution is -2.19. The van der Waals surface area contributed by atoms with Crippen LogP contribution < -0.4 is 10.6 Å². The van der Waals surface area contributed by atoms with Gasteiger partial charge in [0.25, 0.3) is 0 Å². The highest BCUT2D eigenvalue weighted by atomic mass is 35.5. The van der Waals surface area contributed by atoms with Crippen molar-refractivity contribution in [2.75, 3.05) is 10.6 Å². The highest BCUT2D eigenvalue weighted by molar-refractivity contribution is 6.36. The number of rotatable bonds is 4. The van der Waals surface area contributed by atoms with Crippen LogP contribution >= 0.6 is 23.2 Å². The van der Waals surface area contributed by atoms with Gasteiger partial charge in [-0.25, -0.2) is 4.79 Å². The number of carboxylic acid groups (broad SMARTS) is 1. The SMILES string of the molecule is O=C(O)Cc1ccc(NC(=O)Nc2ccc(Cl)cc2Cl)cc1. The Labute approximate surface area is 136 Å². The summed E-state index contributed by atoms with van der Waals surface area (Å²) in [5.74, 6) is -0.907. The molecule has 0 aliphatic heterocycles. The minimum atomic E-state index is -0.907. The van der Waals surface area contributed by atoms with Gasteiger partial charge in [0.2, 0.25) is 0 Å². The Hall–Kier alpha value is -2.24. The fourth-order valence-electron chi connectivity index (χ4n) is 1.76. The van der Waals surface area contributed by atoms with Crippen LogP contribution in [-0.2, 0) is 11.2 Å². The van der Waals surface area contributed by atoms with Crippen LogP contribution in [-0.4, -0.2) is 17.1 Å². The van der Waals surface area contributed by atoms with Crippen LogP contribution in [0.1, 0.15) is 5.56 Å². The number of hydrogen-bond donors (Lipinski definition) is 3. The molecule has 7 heteroatoms. The van der Waals surface area contributed by atoms with E-state index in [-0.39, 0.29) is 6.42 Å². The fourth-order valence-corrected chi connectivity index (χ4v) is 2.21. The first-order valence-electron chi connectivity index (χ1n) is 6.28. The van der Waals surface area contributed by atoms with Gasteiger partial charge in [0, 0.05) is 10.7 Å². The molecule has 22 heavy (non-hydrogen) atoms. The fraction of sp³-hybridized carbons (Fsp3) is 0.0667. The van der Waals surface area contributed by atoms with E-state index in [1.807, 2.05) is 0 Å². The summed E-state index contributed by atoms with van der Waals surface area (Å²) < 4.78 is 0. The number of amides is 2. The highest BCUT2D eigenvalue weighted by Crippen LogP contribution is 2.25. The summed E-state index contributed by atoms with van der Waals surface area (Å²) in [5, 5.41) is 14.7. The molecule has 2 amide bonds. The molecule has 2 aromatic rings. The molecule has 2 aromatic carbocycles. The molecule has 0 bridgehead atoms. The molecule has 2 rings (SSSR count). The first-order valence-corrected chi connectivity index (χ1v) is 7.03. The molecule has 114 valence electrons. The predicted molar refractivity (Wildman–Crippen MR) is 86.9 cm³/mol. The standard InChI is InChI=1S/C15H12Cl2N2O3/c16-10-3-6-13(12(17)8-10)19-15(22)18-11-4-1-9(2-5-11)7-14(20)21/h1-6,8H,7H2,(H,20,21)(H2,18,19,22). The zero-order valence-electron chi connectivity index (χ0n) is 11.3. The number of carboxylic acids is 1. The van der Waals surface area contributed by atoms with Gasteiger partial charge in [0.05, 0.1) is 17.1 Å². The maximum atomic E-state index is 11.9. The van der Waals surface area contributed by atoms with Crippen LogP contribution in [0.4, 0.5) is 16.2 Å². The van der Waals surface area contributed by atoms with Crippen LogP contribution in [0.15, 0.2) is 42.5 Å². The second-order valence-electron chi connectivity index (χ2n) is 4.47. The largest absolute Gasteiger partial charge is 0.481 e. The van der Waals surface area contributed by atoms with Gasteiger partial charge >= 0.3 is 12.0 Å². The highest BCUT2D eigenvalue weighted by Gasteiger charge is 2.07. The van der Waals surface area contributed by atoms with Crippen molar-refractivity contribution in [1.82, 2.24) is 0 Å². The van der Waals surface area contributed by atoms with Gasteiger partial charge < -0.3 is 15.7 Å². The van der Waals surface area contributed by atoms with Gasteiger partial charge in [0.15, 0.2) is 0 Å². The van der Waals surface area contributed by atoms with Crippen molar-refractivity contribution in [3.8, 4) is 0 Å². The van der Waals surface area contributed by atoms with Crippen molar-refractivity contribution in [3.63, 3.8) is 0 Å². The molecule has 0 saturated heterocycles. The summed E-state index contributed by atoms with van der Waals surface area (Å²) in [6.07, 6.45) is -0.0626. The van der Waals surface area contributed by atoms with Crippen LogP contribution in [0.5, 0.6) is 0 Å². The van der Waals surface area contributed by atoms with Crippen LogP contribution in [0.25, 0.3) is 0 Å². The zero-order valence-corrected chi connectivity index (χ0v) is 12.8. The van der Waals surface area contributed by atoms with Gasteiger partial charge in [-0.05, 0) is 35.9 Å². The van der Waals surface area contributed by atoms with E-state index >= 15 is 0 Å². The predicted octanol–water partition coefficient (Wildman–Crippen LogP) is 4.26. The second-order valence-corrected chi connectivity index (χ2v) is 5.31. The molecule has 0 saturated carbocycles. The third kappa shape index (κ3) is 4.65.